The SMILES string of the molecule is CC(C)(CC[C@@H]1OC2(CCCCC2)Oc2ccccc21)[Si](C)(C)O. The van der Waals surface area contributed by atoms with Crippen LogP contribution in [0.2, 0.25) is 18.1 Å². The molecule has 0 radical (unpaired) electrons. The predicted octanol–water partition coefficient (Wildman–Crippen LogP) is 5.55. The largest absolute Gasteiger partial charge is 0.462 e. The van der Waals surface area contributed by atoms with E-state index >= 15 is 0 Å². The van der Waals surface area contributed by atoms with E-state index in [-0.39, 0.29) is 11.1 Å². The topological polar surface area (TPSA) is 38.7 Å². The van der Waals surface area contributed by atoms with Gasteiger partial charge in [0.25, 0.3) is 0 Å². The van der Waals surface area contributed by atoms with E-state index in [0.29, 0.717) is 0 Å². The van der Waals surface area contributed by atoms with Crippen molar-refractivity contribution < 1.29 is 14.3 Å². The zero-order valence-corrected chi connectivity index (χ0v) is 16.6. The van der Waals surface area contributed by atoms with Gasteiger partial charge in [0.2, 0.25) is 5.79 Å². The third kappa shape index (κ3) is 3.56. The minimum absolute atomic E-state index is 0.0245. The van der Waals surface area contributed by atoms with Gasteiger partial charge in [0.05, 0.1) is 6.10 Å². The normalized spacial score (nSPS) is 23.6. The minimum atomic E-state index is -2.20. The second-order valence-electron chi connectivity index (χ2n) is 8.70. The van der Waals surface area contributed by atoms with Crippen molar-refractivity contribution in [3.8, 4) is 5.75 Å². The summed E-state index contributed by atoms with van der Waals surface area (Å²) in [5.74, 6) is 0.571. The Morgan fingerprint density at radius 3 is 2.50 bits per heavy atom. The summed E-state index contributed by atoms with van der Waals surface area (Å²) in [4.78, 5) is 10.6. The fourth-order valence-corrected chi connectivity index (χ4v) is 4.47. The van der Waals surface area contributed by atoms with E-state index in [1.165, 1.54) is 24.8 Å². The standard InChI is InChI=1S/C20H32O3Si/c1-19(2,24(3,4)21)15-12-18-16-10-6-7-11-17(16)22-20(23-18)13-8-5-9-14-20/h6-7,10-11,18,21H,5,8-9,12-15H2,1-4H3/t18-/m0/s1. The van der Waals surface area contributed by atoms with Gasteiger partial charge in [-0.25, -0.2) is 0 Å². The Hall–Kier alpha value is -0.843. The Kier molecular flexibility index (Phi) is 4.84. The van der Waals surface area contributed by atoms with E-state index in [1.54, 1.807) is 0 Å². The van der Waals surface area contributed by atoms with E-state index in [9.17, 15) is 4.80 Å². The molecule has 1 atom stereocenters. The molecule has 1 aliphatic heterocycles. The van der Waals surface area contributed by atoms with Crippen LogP contribution in [0.15, 0.2) is 24.3 Å². The van der Waals surface area contributed by atoms with Crippen LogP contribution in [-0.2, 0) is 4.74 Å². The Morgan fingerprint density at radius 2 is 1.83 bits per heavy atom. The maximum Gasteiger partial charge on any atom is 0.211 e. The molecule has 1 fully saturated rings. The molecule has 1 aromatic carbocycles. The smallest absolute Gasteiger partial charge is 0.211 e. The second-order valence-corrected chi connectivity index (χ2v) is 13.2. The molecule has 1 saturated carbocycles. The molecule has 0 aromatic heterocycles. The Morgan fingerprint density at radius 1 is 1.17 bits per heavy atom. The molecule has 1 spiro atoms. The van der Waals surface area contributed by atoms with Crippen molar-refractivity contribution in [2.75, 3.05) is 0 Å². The van der Waals surface area contributed by atoms with Crippen LogP contribution in [0.5, 0.6) is 5.75 Å². The molecule has 4 heteroatoms. The molecule has 24 heavy (non-hydrogen) atoms. The van der Waals surface area contributed by atoms with Gasteiger partial charge < -0.3 is 14.3 Å². The highest BCUT2D eigenvalue weighted by Gasteiger charge is 2.44. The predicted molar refractivity (Wildman–Crippen MR) is 99.7 cm³/mol. The zero-order chi connectivity index (χ0) is 17.4. The van der Waals surface area contributed by atoms with Crippen molar-refractivity contribution >= 4 is 8.32 Å². The van der Waals surface area contributed by atoms with Crippen molar-refractivity contribution in [3.63, 3.8) is 0 Å². The first-order valence-corrected chi connectivity index (χ1v) is 12.4. The Bertz CT molecular complexity index is 570. The summed E-state index contributed by atoms with van der Waals surface area (Å²) in [7, 11) is -2.20. The van der Waals surface area contributed by atoms with E-state index in [2.05, 4.69) is 32.0 Å². The monoisotopic (exact) mass is 348 g/mol. The third-order valence-electron chi connectivity index (χ3n) is 6.22. The number of hydrogen-bond donors (Lipinski definition) is 1. The van der Waals surface area contributed by atoms with Gasteiger partial charge in [0, 0.05) is 18.4 Å². The molecule has 2 aliphatic rings. The molecular weight excluding hydrogens is 316 g/mol. The Balaban J connectivity index is 1.81. The first-order valence-electron chi connectivity index (χ1n) is 9.41. The lowest BCUT2D eigenvalue weighted by molar-refractivity contribution is -0.246. The highest BCUT2D eigenvalue weighted by Crippen LogP contribution is 2.49. The van der Waals surface area contributed by atoms with Crippen molar-refractivity contribution in [3.05, 3.63) is 29.8 Å². The third-order valence-corrected chi connectivity index (χ3v) is 9.78. The molecule has 0 unspecified atom stereocenters. The summed E-state index contributed by atoms with van der Waals surface area (Å²) in [6.45, 7) is 8.46. The van der Waals surface area contributed by atoms with Gasteiger partial charge in [-0.05, 0) is 49.9 Å². The van der Waals surface area contributed by atoms with Crippen molar-refractivity contribution in [2.45, 2.75) is 88.8 Å². The number of hydrogen-bond acceptors (Lipinski definition) is 3. The van der Waals surface area contributed by atoms with Crippen LogP contribution in [0.4, 0.5) is 0 Å². The van der Waals surface area contributed by atoms with Crippen LogP contribution < -0.4 is 4.74 Å². The molecule has 1 aromatic rings. The summed E-state index contributed by atoms with van der Waals surface area (Å²) in [6.07, 6.45) is 7.59. The lowest BCUT2D eigenvalue weighted by Crippen LogP contribution is -2.45. The lowest BCUT2D eigenvalue weighted by Gasteiger charge is -2.45. The van der Waals surface area contributed by atoms with Gasteiger partial charge in [-0.3, -0.25) is 0 Å². The average molecular weight is 349 g/mol. The van der Waals surface area contributed by atoms with E-state index in [1.807, 2.05) is 19.2 Å². The fraction of sp³-hybridized carbons (Fsp3) is 0.700. The van der Waals surface area contributed by atoms with Crippen LogP contribution in [0.1, 0.15) is 70.5 Å². The number of para-hydroxylation sites is 1. The highest BCUT2D eigenvalue weighted by atomic mass is 28.4. The number of rotatable bonds is 4. The quantitative estimate of drug-likeness (QED) is 0.724. The summed E-state index contributed by atoms with van der Waals surface area (Å²) in [6, 6.07) is 8.32. The number of fused-ring (bicyclic) bond motifs is 1. The van der Waals surface area contributed by atoms with E-state index < -0.39 is 14.1 Å². The molecule has 0 bridgehead atoms. The molecule has 134 valence electrons. The van der Waals surface area contributed by atoms with Gasteiger partial charge in [-0.2, -0.15) is 0 Å². The van der Waals surface area contributed by atoms with Gasteiger partial charge in [0.15, 0.2) is 8.32 Å². The fourth-order valence-electron chi connectivity index (χ4n) is 3.71. The summed E-state index contributed by atoms with van der Waals surface area (Å²) in [5.41, 5.74) is 1.17. The van der Waals surface area contributed by atoms with Crippen LogP contribution >= 0.6 is 0 Å². The summed E-state index contributed by atoms with van der Waals surface area (Å²) < 4.78 is 12.9. The van der Waals surface area contributed by atoms with Crippen LogP contribution in [-0.4, -0.2) is 18.9 Å². The molecule has 3 rings (SSSR count). The molecule has 3 nitrogen and oxygen atoms in total. The van der Waals surface area contributed by atoms with Gasteiger partial charge >= 0.3 is 0 Å². The summed E-state index contributed by atoms with van der Waals surface area (Å²) >= 11 is 0. The summed E-state index contributed by atoms with van der Waals surface area (Å²) in [5, 5.41) is -0.0245. The minimum Gasteiger partial charge on any atom is -0.462 e. The Labute approximate surface area is 147 Å². The maximum atomic E-state index is 10.6. The average Bonchev–Trinajstić information content (AvgIpc) is 2.52. The van der Waals surface area contributed by atoms with Crippen molar-refractivity contribution in [1.29, 1.82) is 0 Å². The molecule has 0 saturated heterocycles. The van der Waals surface area contributed by atoms with Gasteiger partial charge in [-0.1, -0.05) is 38.5 Å². The molecule has 1 aliphatic carbocycles. The molecule has 1 heterocycles. The zero-order valence-electron chi connectivity index (χ0n) is 15.6. The van der Waals surface area contributed by atoms with Crippen LogP contribution in [0.3, 0.4) is 0 Å². The first kappa shape index (κ1) is 18.0. The molecular formula is C20H32O3Si. The second kappa shape index (κ2) is 6.47. The van der Waals surface area contributed by atoms with E-state index in [0.717, 1.165) is 31.4 Å². The molecule has 1 N–H and O–H groups in total. The van der Waals surface area contributed by atoms with Crippen molar-refractivity contribution in [1.82, 2.24) is 0 Å². The maximum absolute atomic E-state index is 10.6. The first-order chi connectivity index (χ1) is 11.2. The van der Waals surface area contributed by atoms with Crippen molar-refractivity contribution in [2.24, 2.45) is 0 Å². The molecule has 0 amide bonds. The van der Waals surface area contributed by atoms with Gasteiger partial charge in [0.1, 0.15) is 5.75 Å². The van der Waals surface area contributed by atoms with Crippen LogP contribution in [0.25, 0.3) is 0 Å². The lowest BCUT2D eigenvalue weighted by atomic mass is 9.90. The number of benzene rings is 1. The highest BCUT2D eigenvalue weighted by molar-refractivity contribution is 6.72. The van der Waals surface area contributed by atoms with E-state index in [4.69, 9.17) is 9.47 Å². The van der Waals surface area contributed by atoms with Crippen LogP contribution in [0, 0.1) is 0 Å². The van der Waals surface area contributed by atoms with Gasteiger partial charge in [-0.15, -0.1) is 0 Å². The number of ether oxygens (including phenoxy) is 2.